The van der Waals surface area contributed by atoms with Crippen LogP contribution in [0.4, 0.5) is 0 Å². The van der Waals surface area contributed by atoms with Gasteiger partial charge in [-0.3, -0.25) is 4.79 Å². The molecule has 0 spiro atoms. The molecular weight excluding hydrogens is 354 g/mol. The Morgan fingerprint density at radius 3 is 2.68 bits per heavy atom. The number of carbonyl (C=O) groups is 1. The second-order valence-electron chi connectivity index (χ2n) is 4.73. The quantitative estimate of drug-likeness (QED) is 0.889. The molecule has 0 saturated carbocycles. The zero-order chi connectivity index (χ0) is 14.4. The van der Waals surface area contributed by atoms with Gasteiger partial charge < -0.3 is 5.11 Å². The van der Waals surface area contributed by atoms with Gasteiger partial charge in [-0.15, -0.1) is 11.3 Å². The first-order valence-corrected chi connectivity index (χ1v) is 8.77. The molecule has 0 amide bonds. The van der Waals surface area contributed by atoms with E-state index in [9.17, 15) is 18.3 Å². The van der Waals surface area contributed by atoms with E-state index in [4.69, 9.17) is 0 Å². The van der Waals surface area contributed by atoms with Gasteiger partial charge in [0.15, 0.2) is 0 Å². The zero-order valence-corrected chi connectivity index (χ0v) is 13.7. The molecule has 5 nitrogen and oxygen atoms in total. The summed E-state index contributed by atoms with van der Waals surface area (Å²) >= 11 is 4.59. The predicted molar refractivity (Wildman–Crippen MR) is 75.9 cm³/mol. The van der Waals surface area contributed by atoms with Gasteiger partial charge in [0.1, 0.15) is 5.54 Å². The Morgan fingerprint density at radius 1 is 1.58 bits per heavy atom. The van der Waals surface area contributed by atoms with E-state index in [1.54, 1.807) is 6.92 Å². The number of nitrogens with zero attached hydrogens (tertiary/aromatic N) is 1. The number of rotatable bonds is 3. The maximum atomic E-state index is 12.6. The summed E-state index contributed by atoms with van der Waals surface area (Å²) in [5, 5.41) is 9.31. The molecule has 106 valence electrons. The van der Waals surface area contributed by atoms with Crippen LogP contribution >= 0.6 is 27.3 Å². The summed E-state index contributed by atoms with van der Waals surface area (Å²) in [5.41, 5.74) is -1.35. The van der Waals surface area contributed by atoms with Crippen LogP contribution in [0.2, 0.25) is 0 Å². The Morgan fingerprint density at radius 2 is 2.21 bits per heavy atom. The number of aryl methyl sites for hydroxylation is 1. The fraction of sp³-hybridized carbons (Fsp3) is 0.545. The summed E-state index contributed by atoms with van der Waals surface area (Å²) in [4.78, 5) is 12.2. The topological polar surface area (TPSA) is 74.7 Å². The van der Waals surface area contributed by atoms with E-state index in [-0.39, 0.29) is 11.4 Å². The van der Waals surface area contributed by atoms with Gasteiger partial charge in [-0.2, -0.15) is 4.31 Å². The molecule has 1 unspecified atom stereocenters. The van der Waals surface area contributed by atoms with E-state index in [0.29, 0.717) is 17.7 Å². The maximum absolute atomic E-state index is 12.6. The Bertz CT molecular complexity index is 625. The minimum atomic E-state index is -3.77. The summed E-state index contributed by atoms with van der Waals surface area (Å²) < 4.78 is 27.1. The van der Waals surface area contributed by atoms with Crippen LogP contribution in [0.15, 0.2) is 14.7 Å². The van der Waals surface area contributed by atoms with Crippen LogP contribution in [-0.2, 0) is 14.8 Å². The molecule has 2 heterocycles. The van der Waals surface area contributed by atoms with Crippen LogP contribution in [0.3, 0.4) is 0 Å². The molecule has 0 radical (unpaired) electrons. The first-order valence-electron chi connectivity index (χ1n) is 5.72. The molecule has 1 aromatic rings. The summed E-state index contributed by atoms with van der Waals surface area (Å²) in [7, 11) is -3.77. The van der Waals surface area contributed by atoms with Crippen molar-refractivity contribution in [1.82, 2.24) is 4.31 Å². The third-order valence-electron chi connectivity index (χ3n) is 3.45. The van der Waals surface area contributed by atoms with Crippen LogP contribution in [0, 0.1) is 6.92 Å². The van der Waals surface area contributed by atoms with Gasteiger partial charge in [-0.05, 0) is 48.7 Å². The Kier molecular flexibility index (Phi) is 3.81. The maximum Gasteiger partial charge on any atom is 0.324 e. The highest BCUT2D eigenvalue weighted by Gasteiger charge is 2.50. The van der Waals surface area contributed by atoms with Crippen LogP contribution < -0.4 is 0 Å². The Hall–Kier alpha value is -0.440. The van der Waals surface area contributed by atoms with E-state index in [0.717, 1.165) is 8.09 Å². The molecule has 0 aliphatic carbocycles. The van der Waals surface area contributed by atoms with Gasteiger partial charge in [-0.25, -0.2) is 8.42 Å². The molecular formula is C11H14BrNO4S2. The number of sulfonamides is 1. The average Bonchev–Trinajstić information content (AvgIpc) is 2.83. The van der Waals surface area contributed by atoms with Crippen molar-refractivity contribution in [2.75, 3.05) is 6.54 Å². The first-order chi connectivity index (χ1) is 8.69. The van der Waals surface area contributed by atoms with Crippen molar-refractivity contribution in [2.45, 2.75) is 37.1 Å². The van der Waals surface area contributed by atoms with E-state index >= 15 is 0 Å². The van der Waals surface area contributed by atoms with Crippen LogP contribution in [0.25, 0.3) is 0 Å². The minimum Gasteiger partial charge on any atom is -0.480 e. The monoisotopic (exact) mass is 367 g/mol. The lowest BCUT2D eigenvalue weighted by Crippen LogP contribution is -2.50. The van der Waals surface area contributed by atoms with Crippen molar-refractivity contribution in [3.8, 4) is 0 Å². The third-order valence-corrected chi connectivity index (χ3v) is 7.27. The lowest BCUT2D eigenvalue weighted by molar-refractivity contribution is -0.146. The van der Waals surface area contributed by atoms with E-state index in [2.05, 4.69) is 15.9 Å². The summed E-state index contributed by atoms with van der Waals surface area (Å²) in [6.07, 6.45) is 0.901. The number of carboxylic acid groups (broad SMARTS) is 1. The van der Waals surface area contributed by atoms with Crippen molar-refractivity contribution in [2.24, 2.45) is 0 Å². The molecule has 19 heavy (non-hydrogen) atoms. The zero-order valence-electron chi connectivity index (χ0n) is 10.5. The van der Waals surface area contributed by atoms with Gasteiger partial charge in [-0.1, -0.05) is 0 Å². The lowest BCUT2D eigenvalue weighted by Gasteiger charge is -2.30. The van der Waals surface area contributed by atoms with Gasteiger partial charge in [0.05, 0.1) is 8.68 Å². The van der Waals surface area contributed by atoms with Crippen molar-refractivity contribution in [3.63, 3.8) is 0 Å². The number of halogens is 1. The van der Waals surface area contributed by atoms with Crippen LogP contribution in [0.5, 0.6) is 0 Å². The molecule has 8 heteroatoms. The van der Waals surface area contributed by atoms with Gasteiger partial charge >= 0.3 is 5.97 Å². The number of hydrogen-bond acceptors (Lipinski definition) is 4. The average molecular weight is 368 g/mol. The molecule has 1 atom stereocenters. The van der Waals surface area contributed by atoms with Crippen molar-refractivity contribution < 1.29 is 18.3 Å². The molecule has 1 N–H and O–H groups in total. The molecule has 0 aromatic carbocycles. The van der Waals surface area contributed by atoms with Gasteiger partial charge in [0.2, 0.25) is 10.0 Å². The Balaban J connectivity index is 2.51. The Labute approximate surface area is 124 Å². The largest absolute Gasteiger partial charge is 0.480 e. The fourth-order valence-electron chi connectivity index (χ4n) is 2.34. The standard InChI is InChI=1S/C11H14BrNO4S2/c1-7-8(6-9(12)18-7)19(16,17)13-5-3-4-11(13,2)10(14)15/h6H,3-5H2,1-2H3,(H,14,15). The van der Waals surface area contributed by atoms with E-state index < -0.39 is 21.5 Å². The van der Waals surface area contributed by atoms with Crippen molar-refractivity contribution >= 4 is 43.3 Å². The van der Waals surface area contributed by atoms with E-state index in [1.165, 1.54) is 24.3 Å². The molecule has 1 fully saturated rings. The fourth-order valence-corrected chi connectivity index (χ4v) is 6.53. The van der Waals surface area contributed by atoms with Crippen LogP contribution in [-0.4, -0.2) is 35.9 Å². The first kappa shape index (κ1) is 15.0. The normalized spacial score (nSPS) is 24.8. The number of aliphatic carboxylic acids is 1. The van der Waals surface area contributed by atoms with Crippen LogP contribution in [0.1, 0.15) is 24.6 Å². The SMILES string of the molecule is Cc1sc(Br)cc1S(=O)(=O)N1CCCC1(C)C(=O)O. The van der Waals surface area contributed by atoms with Crippen molar-refractivity contribution in [1.29, 1.82) is 0 Å². The predicted octanol–water partition coefficient (Wildman–Crippen LogP) is 2.45. The summed E-state index contributed by atoms with van der Waals surface area (Å²) in [6, 6.07) is 1.54. The third kappa shape index (κ3) is 2.35. The van der Waals surface area contributed by atoms with Gasteiger partial charge in [0, 0.05) is 11.4 Å². The van der Waals surface area contributed by atoms with E-state index in [1.807, 2.05) is 0 Å². The number of carboxylic acids is 1. The van der Waals surface area contributed by atoms with Gasteiger partial charge in [0.25, 0.3) is 0 Å². The minimum absolute atomic E-state index is 0.193. The summed E-state index contributed by atoms with van der Waals surface area (Å²) in [6.45, 7) is 3.44. The highest BCUT2D eigenvalue weighted by atomic mass is 79.9. The van der Waals surface area contributed by atoms with Crippen molar-refractivity contribution in [3.05, 3.63) is 14.7 Å². The molecule has 2 rings (SSSR count). The molecule has 1 aromatic heterocycles. The summed E-state index contributed by atoms with van der Waals surface area (Å²) in [5.74, 6) is -1.10. The second-order valence-corrected chi connectivity index (χ2v) is 9.20. The molecule has 1 aliphatic rings. The smallest absolute Gasteiger partial charge is 0.324 e. The second kappa shape index (κ2) is 4.83. The highest BCUT2D eigenvalue weighted by Crippen LogP contribution is 2.38. The molecule has 1 aliphatic heterocycles. The highest BCUT2D eigenvalue weighted by molar-refractivity contribution is 9.11. The lowest BCUT2D eigenvalue weighted by atomic mass is 10.0. The number of hydrogen-bond donors (Lipinski definition) is 1. The molecule has 0 bridgehead atoms. The molecule has 1 saturated heterocycles. The number of thiophene rings is 1.